The van der Waals surface area contributed by atoms with Crippen LogP contribution in [0, 0.1) is 10.1 Å². The number of hydrogen-bond acceptors (Lipinski definition) is 10. The summed E-state index contributed by atoms with van der Waals surface area (Å²) in [5, 5.41) is 13.1. The van der Waals surface area contributed by atoms with E-state index in [1.165, 1.54) is 46.5 Å². The number of rotatable bonds is 8. The third-order valence-electron chi connectivity index (χ3n) is 6.75. The van der Waals surface area contributed by atoms with Crippen LogP contribution in [0.5, 0.6) is 5.75 Å². The minimum atomic E-state index is -0.732. The molecule has 0 unspecified atom stereocenters. The Morgan fingerprint density at radius 3 is 2.65 bits per heavy atom. The molecular formula is C31H23N3O7S2. The van der Waals surface area contributed by atoms with Crippen LogP contribution in [0.3, 0.4) is 0 Å². The van der Waals surface area contributed by atoms with Crippen LogP contribution in [0.2, 0.25) is 0 Å². The molecule has 0 saturated carbocycles. The Morgan fingerprint density at radius 1 is 1.14 bits per heavy atom. The maximum atomic E-state index is 14.0. The number of hydrogen-bond donors (Lipinski definition) is 0. The summed E-state index contributed by atoms with van der Waals surface area (Å²) in [4.78, 5) is 44.1. The molecule has 0 N–H and O–H groups in total. The molecule has 6 rings (SSSR count). The fourth-order valence-electron chi connectivity index (χ4n) is 4.86. The second-order valence-corrected chi connectivity index (χ2v) is 11.3. The molecule has 216 valence electrons. The summed E-state index contributed by atoms with van der Waals surface area (Å²) >= 11 is 2.63. The largest absolute Gasteiger partial charge is 0.496 e. The van der Waals surface area contributed by atoms with E-state index in [2.05, 4.69) is 0 Å². The van der Waals surface area contributed by atoms with Gasteiger partial charge < -0.3 is 13.9 Å². The number of thiophene rings is 1. The number of thiazole rings is 1. The topological polar surface area (TPSA) is 126 Å². The van der Waals surface area contributed by atoms with Crippen LogP contribution in [0.15, 0.2) is 98.0 Å². The number of non-ortho nitro benzene ring substituents is 1. The molecule has 4 heterocycles. The van der Waals surface area contributed by atoms with Gasteiger partial charge in [-0.2, -0.15) is 0 Å². The van der Waals surface area contributed by atoms with E-state index in [0.29, 0.717) is 37.7 Å². The molecule has 0 saturated heterocycles. The number of aromatic nitrogens is 1. The van der Waals surface area contributed by atoms with Gasteiger partial charge in [-0.3, -0.25) is 19.5 Å². The Bertz CT molecular complexity index is 2060. The third kappa shape index (κ3) is 5.22. The predicted octanol–water partition coefficient (Wildman–Crippen LogP) is 5.17. The summed E-state index contributed by atoms with van der Waals surface area (Å²) in [6.07, 6.45) is 1.62. The molecular weight excluding hydrogens is 590 g/mol. The number of esters is 1. The van der Waals surface area contributed by atoms with Gasteiger partial charge in [-0.25, -0.2) is 9.79 Å². The molecule has 0 aliphatic carbocycles. The van der Waals surface area contributed by atoms with Crippen LogP contribution in [0.4, 0.5) is 5.69 Å². The Morgan fingerprint density at radius 2 is 1.95 bits per heavy atom. The molecule has 43 heavy (non-hydrogen) atoms. The summed E-state index contributed by atoms with van der Waals surface area (Å²) in [7, 11) is 1.42. The van der Waals surface area contributed by atoms with Gasteiger partial charge in [0, 0.05) is 22.6 Å². The lowest BCUT2D eigenvalue weighted by atomic mass is 9.97. The standard InChI is InChI=1S/C31H23N3O7S2/c1-3-40-30(36)26-27(18-8-5-4-6-9-18)32-31-33(28(26)24-10-7-15-42-24)29(35)25(43-31)17-20-12-14-22(41-20)21-13-11-19(34(37)38)16-23(21)39-2/h4-17,28H,3H2,1-2H3/b25-17-/t28-/m1/s1. The molecule has 12 heteroatoms. The Balaban J connectivity index is 1.50. The fraction of sp³-hybridized carbons (Fsp3) is 0.129. The lowest BCUT2D eigenvalue weighted by molar-refractivity contribution is -0.384. The normalized spacial score (nSPS) is 14.7. The highest BCUT2D eigenvalue weighted by Crippen LogP contribution is 2.37. The van der Waals surface area contributed by atoms with Gasteiger partial charge in [0.05, 0.1) is 46.1 Å². The quantitative estimate of drug-likeness (QED) is 0.134. The predicted molar refractivity (Wildman–Crippen MR) is 163 cm³/mol. The first-order valence-corrected chi connectivity index (χ1v) is 14.8. The number of carbonyl (C=O) groups excluding carboxylic acids is 1. The monoisotopic (exact) mass is 613 g/mol. The van der Waals surface area contributed by atoms with Crippen molar-refractivity contribution in [1.82, 2.24) is 4.57 Å². The van der Waals surface area contributed by atoms with Gasteiger partial charge in [-0.05, 0) is 36.6 Å². The lowest BCUT2D eigenvalue weighted by Crippen LogP contribution is -2.39. The number of furan rings is 1. The maximum absolute atomic E-state index is 14.0. The maximum Gasteiger partial charge on any atom is 0.338 e. The second-order valence-electron chi connectivity index (χ2n) is 9.29. The van der Waals surface area contributed by atoms with Crippen molar-refractivity contribution in [1.29, 1.82) is 0 Å². The fourth-order valence-corrected chi connectivity index (χ4v) is 6.66. The number of benzene rings is 2. The highest BCUT2D eigenvalue weighted by Gasteiger charge is 2.35. The van der Waals surface area contributed by atoms with Gasteiger partial charge in [0.2, 0.25) is 0 Å². The van der Waals surface area contributed by atoms with Gasteiger partial charge >= 0.3 is 5.97 Å². The van der Waals surface area contributed by atoms with Crippen molar-refractivity contribution in [3.05, 3.63) is 130 Å². The zero-order valence-electron chi connectivity index (χ0n) is 22.9. The van der Waals surface area contributed by atoms with E-state index in [0.717, 1.165) is 10.4 Å². The lowest BCUT2D eigenvalue weighted by Gasteiger charge is -2.24. The van der Waals surface area contributed by atoms with Crippen LogP contribution in [0.1, 0.15) is 29.2 Å². The zero-order chi connectivity index (χ0) is 30.1. The van der Waals surface area contributed by atoms with Crippen molar-refractivity contribution in [2.75, 3.05) is 13.7 Å². The van der Waals surface area contributed by atoms with E-state index >= 15 is 0 Å². The van der Waals surface area contributed by atoms with Crippen LogP contribution in [-0.4, -0.2) is 29.2 Å². The number of fused-ring (bicyclic) bond motifs is 1. The van der Waals surface area contributed by atoms with Gasteiger partial charge in [0.1, 0.15) is 23.3 Å². The number of nitro benzene ring substituents is 1. The van der Waals surface area contributed by atoms with E-state index in [9.17, 15) is 19.7 Å². The van der Waals surface area contributed by atoms with Crippen LogP contribution in [-0.2, 0) is 9.53 Å². The number of carbonyl (C=O) groups is 1. The minimum Gasteiger partial charge on any atom is -0.496 e. The summed E-state index contributed by atoms with van der Waals surface area (Å²) in [6.45, 7) is 1.91. The molecule has 1 aliphatic heterocycles. The van der Waals surface area contributed by atoms with Crippen molar-refractivity contribution in [2.24, 2.45) is 4.99 Å². The molecule has 0 radical (unpaired) electrons. The van der Waals surface area contributed by atoms with Gasteiger partial charge in [0.25, 0.3) is 11.2 Å². The molecule has 2 aromatic carbocycles. The average Bonchev–Trinajstić information content (AvgIpc) is 3.78. The summed E-state index contributed by atoms with van der Waals surface area (Å²) < 4.78 is 18.7. The Hall–Kier alpha value is -5.07. The average molecular weight is 614 g/mol. The Kier molecular flexibility index (Phi) is 7.61. The molecule has 0 bridgehead atoms. The molecule has 10 nitrogen and oxygen atoms in total. The van der Waals surface area contributed by atoms with Crippen molar-refractivity contribution < 1.29 is 23.6 Å². The van der Waals surface area contributed by atoms with E-state index in [-0.39, 0.29) is 23.6 Å². The third-order valence-corrected chi connectivity index (χ3v) is 8.66. The molecule has 1 aliphatic rings. The van der Waals surface area contributed by atoms with Crippen molar-refractivity contribution >= 4 is 46.1 Å². The molecule has 0 amide bonds. The van der Waals surface area contributed by atoms with E-state index in [4.69, 9.17) is 18.9 Å². The first-order valence-electron chi connectivity index (χ1n) is 13.1. The van der Waals surface area contributed by atoms with Gasteiger partial charge in [-0.15, -0.1) is 11.3 Å². The smallest absolute Gasteiger partial charge is 0.338 e. The zero-order valence-corrected chi connectivity index (χ0v) is 24.5. The minimum absolute atomic E-state index is 0.106. The van der Waals surface area contributed by atoms with E-state index in [1.54, 1.807) is 31.2 Å². The summed E-state index contributed by atoms with van der Waals surface area (Å²) in [6, 6.07) is 20.0. The molecule has 0 fully saturated rings. The summed E-state index contributed by atoms with van der Waals surface area (Å²) in [5.41, 5.74) is 1.57. The first-order chi connectivity index (χ1) is 20.9. The van der Waals surface area contributed by atoms with Gasteiger partial charge in [0.15, 0.2) is 4.80 Å². The van der Waals surface area contributed by atoms with Crippen molar-refractivity contribution in [2.45, 2.75) is 13.0 Å². The first kappa shape index (κ1) is 28.1. The van der Waals surface area contributed by atoms with E-state index in [1.807, 2.05) is 47.8 Å². The second kappa shape index (κ2) is 11.7. The van der Waals surface area contributed by atoms with Gasteiger partial charge in [-0.1, -0.05) is 47.7 Å². The highest BCUT2D eigenvalue weighted by atomic mass is 32.1. The highest BCUT2D eigenvalue weighted by molar-refractivity contribution is 7.10. The molecule has 0 spiro atoms. The number of nitro groups is 1. The molecule has 3 aromatic heterocycles. The van der Waals surface area contributed by atoms with Crippen LogP contribution >= 0.6 is 22.7 Å². The Labute approximate surface area is 252 Å². The number of methoxy groups -OCH3 is 1. The summed E-state index contributed by atoms with van der Waals surface area (Å²) in [5.74, 6) is 0.551. The van der Waals surface area contributed by atoms with Crippen molar-refractivity contribution in [3.63, 3.8) is 0 Å². The van der Waals surface area contributed by atoms with Crippen molar-refractivity contribution in [3.8, 4) is 17.1 Å². The van der Waals surface area contributed by atoms with Crippen LogP contribution in [0.25, 0.3) is 23.1 Å². The SMILES string of the molecule is CCOC(=O)C1=C(c2ccccc2)N=c2s/c(=C\c3ccc(-c4ccc([N+](=O)[O-])cc4OC)o3)c(=O)n2[C@@H]1c1cccs1. The van der Waals surface area contributed by atoms with Crippen LogP contribution < -0.4 is 19.6 Å². The molecule has 1 atom stereocenters. The number of ether oxygens (including phenoxy) is 2. The number of nitrogens with zero attached hydrogens (tertiary/aromatic N) is 3. The van der Waals surface area contributed by atoms with E-state index < -0.39 is 16.9 Å². The molecule has 5 aromatic rings.